The number of isocyanates is 1. The number of benzene rings is 1. The maximum absolute atomic E-state index is 11.0. The average molecular weight is 225 g/mol. The lowest BCUT2D eigenvalue weighted by atomic mass is 10.2. The Bertz CT molecular complexity index is 480. The van der Waals surface area contributed by atoms with Crippen LogP contribution in [0.25, 0.3) is 0 Å². The van der Waals surface area contributed by atoms with Crippen molar-refractivity contribution < 1.29 is 14.3 Å². The summed E-state index contributed by atoms with van der Waals surface area (Å²) in [5.41, 5.74) is 0.729. The van der Waals surface area contributed by atoms with Crippen LogP contribution in [-0.2, 0) is 9.59 Å². The van der Waals surface area contributed by atoms with Gasteiger partial charge in [0.2, 0.25) is 6.08 Å². The van der Waals surface area contributed by atoms with E-state index in [0.717, 1.165) is 0 Å². The summed E-state index contributed by atoms with van der Waals surface area (Å²) < 4.78 is 5.12. The lowest BCUT2D eigenvalue weighted by molar-refractivity contribution is -0.118. The van der Waals surface area contributed by atoms with Gasteiger partial charge in [0, 0.05) is 0 Å². The summed E-state index contributed by atoms with van der Waals surface area (Å²) in [6, 6.07) is 2.95. The molecule has 1 aliphatic rings. The van der Waals surface area contributed by atoms with Crippen molar-refractivity contribution in [2.45, 2.75) is 0 Å². The predicted molar refractivity (Wildman–Crippen MR) is 53.4 cm³/mol. The molecule has 1 amide bonds. The Hall–Kier alpha value is -1.84. The molecule has 5 nitrogen and oxygen atoms in total. The zero-order valence-electron chi connectivity index (χ0n) is 7.41. The van der Waals surface area contributed by atoms with Crippen LogP contribution in [0.15, 0.2) is 17.1 Å². The van der Waals surface area contributed by atoms with Crippen LogP contribution in [0, 0.1) is 0 Å². The largest absolute Gasteiger partial charge is 0.480 e. The molecule has 1 N–H and O–H groups in total. The van der Waals surface area contributed by atoms with E-state index < -0.39 is 0 Å². The fourth-order valence-electron chi connectivity index (χ4n) is 1.26. The number of amides is 1. The van der Waals surface area contributed by atoms with E-state index in [9.17, 15) is 9.59 Å². The standard InChI is InChI=1S/C9H5ClN2O3/c10-6-1-5(11-4-13)2-7-9(6)15-3-8(14)12-7/h1-2H,3H2,(H,12,14). The molecule has 0 atom stereocenters. The molecule has 0 aromatic heterocycles. The Morgan fingerprint density at radius 2 is 2.33 bits per heavy atom. The summed E-state index contributed by atoms with van der Waals surface area (Å²) >= 11 is 5.86. The number of anilines is 1. The summed E-state index contributed by atoms with van der Waals surface area (Å²) in [7, 11) is 0. The smallest absolute Gasteiger partial charge is 0.262 e. The molecule has 0 aliphatic carbocycles. The van der Waals surface area contributed by atoms with E-state index in [-0.39, 0.29) is 12.5 Å². The Morgan fingerprint density at radius 1 is 1.53 bits per heavy atom. The topological polar surface area (TPSA) is 67.8 Å². The van der Waals surface area contributed by atoms with Crippen LogP contribution in [-0.4, -0.2) is 18.6 Å². The van der Waals surface area contributed by atoms with E-state index in [4.69, 9.17) is 16.3 Å². The molecule has 6 heteroatoms. The van der Waals surface area contributed by atoms with Crippen LogP contribution < -0.4 is 10.1 Å². The quantitative estimate of drug-likeness (QED) is 0.582. The van der Waals surface area contributed by atoms with Crippen molar-refractivity contribution in [2.75, 3.05) is 11.9 Å². The third-order valence-corrected chi connectivity index (χ3v) is 2.11. The summed E-state index contributed by atoms with van der Waals surface area (Å²) in [5, 5.41) is 2.85. The second-order valence-corrected chi connectivity index (χ2v) is 3.25. The first kappa shape index (κ1) is 9.71. The van der Waals surface area contributed by atoms with Crippen molar-refractivity contribution in [3.05, 3.63) is 17.2 Å². The Labute approximate surface area is 89.7 Å². The van der Waals surface area contributed by atoms with Crippen molar-refractivity contribution in [3.63, 3.8) is 0 Å². The Balaban J connectivity index is 2.52. The van der Waals surface area contributed by atoms with Crippen LogP contribution in [0.5, 0.6) is 5.75 Å². The lowest BCUT2D eigenvalue weighted by Crippen LogP contribution is -2.25. The van der Waals surface area contributed by atoms with Crippen molar-refractivity contribution in [3.8, 4) is 5.75 Å². The number of halogens is 1. The molecule has 76 valence electrons. The minimum Gasteiger partial charge on any atom is -0.480 e. The normalized spacial score (nSPS) is 13.3. The molecule has 1 heterocycles. The fourth-order valence-corrected chi connectivity index (χ4v) is 1.53. The van der Waals surface area contributed by atoms with Gasteiger partial charge in [-0.3, -0.25) is 4.79 Å². The van der Waals surface area contributed by atoms with Gasteiger partial charge < -0.3 is 10.1 Å². The minimum absolute atomic E-state index is 0.0665. The van der Waals surface area contributed by atoms with Crippen molar-refractivity contribution in [2.24, 2.45) is 4.99 Å². The molecule has 0 fully saturated rings. The highest BCUT2D eigenvalue weighted by atomic mass is 35.5. The Kier molecular flexibility index (Phi) is 2.41. The molecule has 0 saturated heterocycles. The molecule has 0 unspecified atom stereocenters. The first-order valence-corrected chi connectivity index (χ1v) is 4.42. The molecule has 1 aromatic rings. The third kappa shape index (κ3) is 1.83. The zero-order chi connectivity index (χ0) is 10.8. The van der Waals surface area contributed by atoms with Crippen LogP contribution in [0.4, 0.5) is 11.4 Å². The van der Waals surface area contributed by atoms with Gasteiger partial charge in [-0.15, -0.1) is 0 Å². The van der Waals surface area contributed by atoms with E-state index in [1.807, 2.05) is 0 Å². The second-order valence-electron chi connectivity index (χ2n) is 2.84. The van der Waals surface area contributed by atoms with Gasteiger partial charge >= 0.3 is 0 Å². The lowest BCUT2D eigenvalue weighted by Gasteiger charge is -2.18. The number of nitrogens with one attached hydrogen (secondary N) is 1. The van der Waals surface area contributed by atoms with Crippen LogP contribution in [0.2, 0.25) is 5.02 Å². The van der Waals surface area contributed by atoms with Crippen LogP contribution in [0.3, 0.4) is 0 Å². The number of aliphatic imine (C=N–C) groups is 1. The number of carbonyl (C=O) groups is 1. The first-order chi connectivity index (χ1) is 7.20. The number of hydrogen-bond acceptors (Lipinski definition) is 4. The fraction of sp³-hybridized carbons (Fsp3) is 0.111. The maximum Gasteiger partial charge on any atom is 0.262 e. The van der Waals surface area contributed by atoms with Gasteiger partial charge in [0.05, 0.1) is 16.4 Å². The number of nitrogens with zero attached hydrogens (tertiary/aromatic N) is 1. The number of hydrogen-bond donors (Lipinski definition) is 1. The molecule has 0 radical (unpaired) electrons. The van der Waals surface area contributed by atoms with E-state index in [2.05, 4.69) is 10.3 Å². The minimum atomic E-state index is -0.272. The van der Waals surface area contributed by atoms with E-state index in [1.54, 1.807) is 0 Å². The average Bonchev–Trinajstić information content (AvgIpc) is 2.17. The first-order valence-electron chi connectivity index (χ1n) is 4.05. The second kappa shape index (κ2) is 3.73. The molecule has 2 rings (SSSR count). The highest BCUT2D eigenvalue weighted by Gasteiger charge is 2.19. The van der Waals surface area contributed by atoms with Crippen molar-refractivity contribution >= 4 is 35.0 Å². The predicted octanol–water partition coefficient (Wildman–Crippen LogP) is 1.64. The van der Waals surface area contributed by atoms with Gasteiger partial charge in [-0.2, -0.15) is 4.99 Å². The molecule has 0 bridgehead atoms. The SMILES string of the molecule is O=C=Nc1cc(Cl)c2c(c1)NC(=O)CO2. The van der Waals surface area contributed by atoms with Gasteiger partial charge in [-0.1, -0.05) is 11.6 Å². The van der Waals surface area contributed by atoms with Crippen molar-refractivity contribution in [1.82, 2.24) is 0 Å². The third-order valence-electron chi connectivity index (χ3n) is 1.82. The number of carbonyl (C=O) groups excluding carboxylic acids is 2. The monoisotopic (exact) mass is 224 g/mol. The number of ether oxygens (including phenoxy) is 1. The van der Waals surface area contributed by atoms with Crippen LogP contribution >= 0.6 is 11.6 Å². The van der Waals surface area contributed by atoms with Crippen molar-refractivity contribution in [1.29, 1.82) is 0 Å². The maximum atomic E-state index is 11.0. The molecular formula is C9H5ClN2O3. The zero-order valence-corrected chi connectivity index (χ0v) is 8.17. The Morgan fingerprint density at radius 3 is 3.07 bits per heavy atom. The van der Waals surface area contributed by atoms with Gasteiger partial charge in [0.1, 0.15) is 0 Å². The van der Waals surface area contributed by atoms with E-state index >= 15 is 0 Å². The number of rotatable bonds is 1. The van der Waals surface area contributed by atoms with E-state index in [0.29, 0.717) is 22.1 Å². The summed E-state index contributed by atoms with van der Waals surface area (Å²) in [5.74, 6) is 0.118. The summed E-state index contributed by atoms with van der Waals surface area (Å²) in [4.78, 5) is 24.5. The molecular weight excluding hydrogens is 220 g/mol. The van der Waals surface area contributed by atoms with Gasteiger partial charge in [0.25, 0.3) is 5.91 Å². The van der Waals surface area contributed by atoms with Gasteiger partial charge in [0.15, 0.2) is 12.4 Å². The summed E-state index contributed by atoms with van der Waals surface area (Å²) in [6.07, 6.45) is 1.39. The molecule has 1 aromatic carbocycles. The molecule has 0 saturated carbocycles. The van der Waals surface area contributed by atoms with Crippen LogP contribution in [0.1, 0.15) is 0 Å². The summed E-state index contributed by atoms with van der Waals surface area (Å²) in [6.45, 7) is -0.0665. The highest BCUT2D eigenvalue weighted by Crippen LogP contribution is 2.38. The highest BCUT2D eigenvalue weighted by molar-refractivity contribution is 6.33. The molecule has 0 spiro atoms. The molecule has 1 aliphatic heterocycles. The molecule has 15 heavy (non-hydrogen) atoms. The van der Waals surface area contributed by atoms with Gasteiger partial charge in [-0.05, 0) is 12.1 Å². The number of fused-ring (bicyclic) bond motifs is 1. The van der Waals surface area contributed by atoms with E-state index in [1.165, 1.54) is 18.2 Å². The van der Waals surface area contributed by atoms with Gasteiger partial charge in [-0.25, -0.2) is 4.79 Å².